The van der Waals surface area contributed by atoms with Gasteiger partial charge in [0.1, 0.15) is 5.69 Å². The molecule has 0 spiro atoms. The van der Waals surface area contributed by atoms with Gasteiger partial charge in [-0.2, -0.15) is 13.2 Å². The molecule has 0 radical (unpaired) electrons. The third-order valence-electron chi connectivity index (χ3n) is 4.93. The second-order valence-electron chi connectivity index (χ2n) is 7.77. The van der Waals surface area contributed by atoms with Crippen molar-refractivity contribution in [2.45, 2.75) is 65.2 Å². The van der Waals surface area contributed by atoms with Crippen molar-refractivity contribution >= 4 is 5.78 Å². The van der Waals surface area contributed by atoms with E-state index in [1.165, 1.54) is 12.8 Å². The average Bonchev–Trinajstić information content (AvgIpc) is 3.37. The molecule has 0 unspecified atom stereocenters. The lowest BCUT2D eigenvalue weighted by Crippen LogP contribution is -2.41. The van der Waals surface area contributed by atoms with Crippen LogP contribution in [0.15, 0.2) is 16.9 Å². The van der Waals surface area contributed by atoms with Gasteiger partial charge in [0, 0.05) is 18.0 Å². The van der Waals surface area contributed by atoms with Crippen LogP contribution in [-0.4, -0.2) is 34.9 Å². The van der Waals surface area contributed by atoms with Gasteiger partial charge in [0.15, 0.2) is 5.78 Å². The summed E-state index contributed by atoms with van der Waals surface area (Å²) in [7, 11) is 3.64. The van der Waals surface area contributed by atoms with Gasteiger partial charge in [0.05, 0.1) is 5.56 Å². The second-order valence-corrected chi connectivity index (χ2v) is 7.77. The van der Waals surface area contributed by atoms with E-state index in [1.807, 2.05) is 39.8 Å². The first kappa shape index (κ1) is 24.0. The monoisotopic (exact) mass is 398 g/mol. The van der Waals surface area contributed by atoms with Crippen LogP contribution in [0.5, 0.6) is 0 Å². The molecule has 7 heteroatoms. The Morgan fingerprint density at radius 3 is 2.18 bits per heavy atom. The standard InChI is InChI=1S/C15H21F3N2O2.C6H8/c1-10(21)11-6-7-12(15(16,17)18)20(13(11)22)9-8-14(2,3)19(4)5;1-2-3-6-4-5-6/h6-7H,8-9H2,1-5H3;6H,4-5H2,1H3. The van der Waals surface area contributed by atoms with Crippen LogP contribution in [0.2, 0.25) is 0 Å². The largest absolute Gasteiger partial charge is 0.431 e. The van der Waals surface area contributed by atoms with Gasteiger partial charge in [-0.3, -0.25) is 9.59 Å². The van der Waals surface area contributed by atoms with Gasteiger partial charge in [-0.1, -0.05) is 0 Å². The second kappa shape index (κ2) is 9.42. The zero-order valence-corrected chi connectivity index (χ0v) is 17.4. The van der Waals surface area contributed by atoms with E-state index in [0.717, 1.165) is 25.0 Å². The molecule has 0 aliphatic heterocycles. The molecule has 0 aromatic carbocycles. The number of hydrogen-bond acceptors (Lipinski definition) is 3. The summed E-state index contributed by atoms with van der Waals surface area (Å²) in [6.45, 7) is 6.70. The highest BCUT2D eigenvalue weighted by Crippen LogP contribution is 2.29. The molecule has 1 fully saturated rings. The first-order chi connectivity index (χ1) is 12.8. The van der Waals surface area contributed by atoms with Gasteiger partial charge in [-0.05, 0) is 73.2 Å². The number of hydrogen-bond donors (Lipinski definition) is 0. The summed E-state index contributed by atoms with van der Waals surface area (Å²) in [5.41, 5.74) is -2.53. The molecule has 2 rings (SSSR count). The van der Waals surface area contributed by atoms with Crippen molar-refractivity contribution in [3.63, 3.8) is 0 Å². The van der Waals surface area contributed by atoms with Gasteiger partial charge < -0.3 is 9.47 Å². The zero-order chi connectivity index (χ0) is 21.7. The summed E-state index contributed by atoms with van der Waals surface area (Å²) < 4.78 is 39.9. The Hall–Kier alpha value is -2.07. The average molecular weight is 398 g/mol. The van der Waals surface area contributed by atoms with Crippen LogP contribution in [0.3, 0.4) is 0 Å². The lowest BCUT2D eigenvalue weighted by atomic mass is 9.99. The van der Waals surface area contributed by atoms with Crippen molar-refractivity contribution in [1.82, 2.24) is 9.47 Å². The fraction of sp³-hybridized carbons (Fsp3) is 0.619. The molecular weight excluding hydrogens is 369 g/mol. The minimum atomic E-state index is -4.64. The van der Waals surface area contributed by atoms with Crippen LogP contribution in [0.25, 0.3) is 0 Å². The lowest BCUT2D eigenvalue weighted by Gasteiger charge is -2.33. The summed E-state index contributed by atoms with van der Waals surface area (Å²) in [6, 6.07) is 1.74. The predicted octanol–water partition coefficient (Wildman–Crippen LogP) is 4.22. The molecule has 0 N–H and O–H groups in total. The number of carbonyl (C=O) groups excluding carboxylic acids is 1. The Labute approximate surface area is 164 Å². The molecule has 4 nitrogen and oxygen atoms in total. The van der Waals surface area contributed by atoms with E-state index in [2.05, 4.69) is 11.8 Å². The summed E-state index contributed by atoms with van der Waals surface area (Å²) in [5, 5.41) is 0. The Balaban J connectivity index is 0.000000552. The SMILES string of the molecule is CC#CC1CC1.CC(=O)c1ccc(C(F)(F)F)n(CCC(C)(C)N(C)C)c1=O. The fourth-order valence-corrected chi connectivity index (χ4v) is 2.36. The van der Waals surface area contributed by atoms with Crippen molar-refractivity contribution in [3.05, 3.63) is 33.7 Å². The van der Waals surface area contributed by atoms with Crippen molar-refractivity contribution in [2.24, 2.45) is 5.92 Å². The highest BCUT2D eigenvalue weighted by atomic mass is 19.4. The molecule has 0 atom stereocenters. The maximum atomic E-state index is 13.1. The van der Waals surface area contributed by atoms with E-state index < -0.39 is 23.2 Å². The van der Waals surface area contributed by atoms with E-state index in [-0.39, 0.29) is 17.6 Å². The smallest absolute Gasteiger partial charge is 0.304 e. The summed E-state index contributed by atoms with van der Waals surface area (Å²) in [5.74, 6) is 6.19. The number of carbonyl (C=O) groups is 1. The molecule has 28 heavy (non-hydrogen) atoms. The normalized spacial score (nSPS) is 14.1. The van der Waals surface area contributed by atoms with Crippen LogP contribution < -0.4 is 5.56 Å². The van der Waals surface area contributed by atoms with Crippen molar-refractivity contribution in [2.75, 3.05) is 14.1 Å². The van der Waals surface area contributed by atoms with Crippen LogP contribution in [-0.2, 0) is 12.7 Å². The molecule has 156 valence electrons. The van der Waals surface area contributed by atoms with Crippen LogP contribution >= 0.6 is 0 Å². The maximum Gasteiger partial charge on any atom is 0.431 e. The number of rotatable bonds is 5. The molecule has 0 amide bonds. The zero-order valence-electron chi connectivity index (χ0n) is 17.4. The lowest BCUT2D eigenvalue weighted by molar-refractivity contribution is -0.144. The van der Waals surface area contributed by atoms with E-state index in [4.69, 9.17) is 0 Å². The van der Waals surface area contributed by atoms with Gasteiger partial charge >= 0.3 is 6.18 Å². The third kappa shape index (κ3) is 6.83. The summed E-state index contributed by atoms with van der Waals surface area (Å²) >= 11 is 0. The maximum absolute atomic E-state index is 13.1. The minimum Gasteiger partial charge on any atom is -0.304 e. The molecule has 1 heterocycles. The van der Waals surface area contributed by atoms with E-state index in [0.29, 0.717) is 11.0 Å². The molecule has 1 aliphatic carbocycles. The number of pyridine rings is 1. The van der Waals surface area contributed by atoms with Gasteiger partial charge in [0.2, 0.25) is 0 Å². The first-order valence-electron chi connectivity index (χ1n) is 9.23. The molecule has 1 saturated carbocycles. The topological polar surface area (TPSA) is 42.3 Å². The van der Waals surface area contributed by atoms with E-state index >= 15 is 0 Å². The van der Waals surface area contributed by atoms with E-state index in [9.17, 15) is 22.8 Å². The van der Waals surface area contributed by atoms with Crippen molar-refractivity contribution in [3.8, 4) is 11.8 Å². The van der Waals surface area contributed by atoms with E-state index in [1.54, 1.807) is 0 Å². The highest BCUT2D eigenvalue weighted by molar-refractivity contribution is 5.93. The number of ketones is 1. The van der Waals surface area contributed by atoms with Crippen LogP contribution in [0.1, 0.15) is 63.0 Å². The predicted molar refractivity (Wildman–Crippen MR) is 104 cm³/mol. The number of Topliss-reactive ketones (excluding diaryl/α,β-unsaturated/α-hetero) is 1. The van der Waals surface area contributed by atoms with Crippen molar-refractivity contribution < 1.29 is 18.0 Å². The van der Waals surface area contributed by atoms with Crippen LogP contribution in [0, 0.1) is 17.8 Å². The minimum absolute atomic E-state index is 0.111. The number of halogens is 3. The Kier molecular flexibility index (Phi) is 8.06. The van der Waals surface area contributed by atoms with Gasteiger partial charge in [-0.15, -0.1) is 11.8 Å². The van der Waals surface area contributed by atoms with Crippen molar-refractivity contribution in [1.29, 1.82) is 0 Å². The highest BCUT2D eigenvalue weighted by Gasteiger charge is 2.35. The Morgan fingerprint density at radius 2 is 1.82 bits per heavy atom. The molecule has 0 saturated heterocycles. The fourth-order valence-electron chi connectivity index (χ4n) is 2.36. The quantitative estimate of drug-likeness (QED) is 0.551. The Bertz CT molecular complexity index is 808. The summed E-state index contributed by atoms with van der Waals surface area (Å²) in [6.07, 6.45) is -1.61. The molecule has 0 bridgehead atoms. The molecule has 1 aromatic heterocycles. The third-order valence-corrected chi connectivity index (χ3v) is 4.93. The van der Waals surface area contributed by atoms with Crippen LogP contribution in [0.4, 0.5) is 13.2 Å². The molecule has 1 aliphatic rings. The molecular formula is C21H29F3N2O2. The Morgan fingerprint density at radius 1 is 1.25 bits per heavy atom. The first-order valence-corrected chi connectivity index (χ1v) is 9.23. The number of aromatic nitrogens is 1. The van der Waals surface area contributed by atoms with Gasteiger partial charge in [0.25, 0.3) is 5.56 Å². The number of alkyl halides is 3. The summed E-state index contributed by atoms with van der Waals surface area (Å²) in [4.78, 5) is 25.5. The number of nitrogens with zero attached hydrogens (tertiary/aromatic N) is 2. The van der Waals surface area contributed by atoms with Gasteiger partial charge in [-0.25, -0.2) is 0 Å². The molecule has 1 aromatic rings.